The quantitative estimate of drug-likeness (QED) is 0.810. The molecule has 6 heteroatoms. The van der Waals surface area contributed by atoms with E-state index in [4.69, 9.17) is 12.2 Å². The molecule has 19 heavy (non-hydrogen) atoms. The minimum atomic E-state index is -0.0283. The van der Waals surface area contributed by atoms with Crippen LogP contribution in [0.5, 0.6) is 0 Å². The fourth-order valence-electron chi connectivity index (χ4n) is 2.77. The lowest BCUT2D eigenvalue weighted by Gasteiger charge is -2.29. The van der Waals surface area contributed by atoms with Gasteiger partial charge in [-0.3, -0.25) is 9.47 Å². The Morgan fingerprint density at radius 2 is 2.11 bits per heavy atom. The van der Waals surface area contributed by atoms with Crippen LogP contribution in [-0.2, 0) is 13.3 Å². The number of rotatable bonds is 6. The van der Waals surface area contributed by atoms with Crippen LogP contribution in [0.1, 0.15) is 44.0 Å². The molecular weight excluding hydrogens is 260 g/mol. The molecule has 5 nitrogen and oxygen atoms in total. The second-order valence-electron chi connectivity index (χ2n) is 5.93. The van der Waals surface area contributed by atoms with Crippen LogP contribution >= 0.6 is 12.2 Å². The van der Waals surface area contributed by atoms with Crippen LogP contribution in [0.15, 0.2) is 0 Å². The Morgan fingerprint density at radius 3 is 2.63 bits per heavy atom. The first-order valence-electron chi connectivity index (χ1n) is 7.16. The van der Waals surface area contributed by atoms with Crippen molar-refractivity contribution in [2.75, 3.05) is 13.6 Å². The van der Waals surface area contributed by atoms with E-state index in [2.05, 4.69) is 17.0 Å². The van der Waals surface area contributed by atoms with Gasteiger partial charge < -0.3 is 5.11 Å². The third kappa shape index (κ3) is 2.75. The maximum Gasteiger partial charge on any atom is 0.199 e. The van der Waals surface area contributed by atoms with Crippen LogP contribution < -0.4 is 0 Å². The average molecular weight is 282 g/mol. The molecule has 0 spiro atoms. The number of aromatic nitrogens is 3. The Bertz CT molecular complexity index is 501. The SMILES string of the molecule is CN(CC1CCC1)Cn1nc(CO)n(C2CC2)c1=S. The standard InChI is InChI=1S/C13H22N4OS/c1-15(7-10-3-2-4-10)9-16-13(19)17(11-5-6-11)12(8-18)14-16/h10-11,18H,2-9H2,1H3. The predicted octanol–water partition coefficient (Wildman–Crippen LogP) is 1.93. The first-order chi connectivity index (χ1) is 9.19. The van der Waals surface area contributed by atoms with E-state index in [9.17, 15) is 5.11 Å². The molecule has 0 aliphatic heterocycles. The van der Waals surface area contributed by atoms with E-state index in [0.717, 1.165) is 36.7 Å². The number of hydrogen-bond acceptors (Lipinski definition) is 4. The van der Waals surface area contributed by atoms with E-state index >= 15 is 0 Å². The van der Waals surface area contributed by atoms with Gasteiger partial charge in [0.05, 0.1) is 6.67 Å². The van der Waals surface area contributed by atoms with Crippen LogP contribution in [0.2, 0.25) is 0 Å². The van der Waals surface area contributed by atoms with Crippen molar-refractivity contribution in [3.05, 3.63) is 10.6 Å². The zero-order valence-corrected chi connectivity index (χ0v) is 12.3. The Kier molecular flexibility index (Phi) is 3.73. The summed E-state index contributed by atoms with van der Waals surface area (Å²) >= 11 is 5.50. The van der Waals surface area contributed by atoms with Gasteiger partial charge in [-0.1, -0.05) is 6.42 Å². The summed E-state index contributed by atoms with van der Waals surface area (Å²) in [6.45, 7) is 1.81. The maximum atomic E-state index is 9.40. The predicted molar refractivity (Wildman–Crippen MR) is 75.2 cm³/mol. The Morgan fingerprint density at radius 1 is 1.37 bits per heavy atom. The molecule has 0 amide bonds. The zero-order chi connectivity index (χ0) is 13.4. The maximum absolute atomic E-state index is 9.40. The summed E-state index contributed by atoms with van der Waals surface area (Å²) < 4.78 is 4.65. The molecule has 0 bridgehead atoms. The highest BCUT2D eigenvalue weighted by atomic mass is 32.1. The minimum Gasteiger partial charge on any atom is -0.388 e. The van der Waals surface area contributed by atoms with E-state index in [1.165, 1.54) is 19.3 Å². The fourth-order valence-corrected chi connectivity index (χ4v) is 3.12. The summed E-state index contributed by atoms with van der Waals surface area (Å²) in [6, 6.07) is 0.473. The summed E-state index contributed by atoms with van der Waals surface area (Å²) in [7, 11) is 2.12. The van der Waals surface area contributed by atoms with Gasteiger partial charge in [0.1, 0.15) is 6.61 Å². The Hall–Kier alpha value is -0.720. The molecule has 0 saturated heterocycles. The molecular formula is C13H22N4OS. The summed E-state index contributed by atoms with van der Waals surface area (Å²) in [5.41, 5.74) is 0. The van der Waals surface area contributed by atoms with Gasteiger partial charge in [0.15, 0.2) is 10.6 Å². The topological polar surface area (TPSA) is 46.2 Å². The molecule has 0 aromatic carbocycles. The molecule has 0 atom stereocenters. The van der Waals surface area contributed by atoms with Crippen molar-refractivity contribution in [3.8, 4) is 0 Å². The van der Waals surface area contributed by atoms with Crippen molar-refractivity contribution in [3.63, 3.8) is 0 Å². The highest BCUT2D eigenvalue weighted by Crippen LogP contribution is 2.36. The van der Waals surface area contributed by atoms with Crippen molar-refractivity contribution in [2.24, 2.45) is 5.92 Å². The Balaban J connectivity index is 1.71. The first kappa shape index (κ1) is 13.3. The first-order valence-corrected chi connectivity index (χ1v) is 7.57. The summed E-state index contributed by atoms with van der Waals surface area (Å²) in [5, 5.41) is 13.9. The highest BCUT2D eigenvalue weighted by molar-refractivity contribution is 7.71. The normalized spacial score (nSPS) is 19.9. The number of aliphatic hydroxyl groups excluding tert-OH is 1. The van der Waals surface area contributed by atoms with Gasteiger partial charge in [0, 0.05) is 12.6 Å². The smallest absolute Gasteiger partial charge is 0.199 e. The largest absolute Gasteiger partial charge is 0.388 e. The summed E-state index contributed by atoms with van der Waals surface area (Å²) in [5.74, 6) is 1.56. The van der Waals surface area contributed by atoms with E-state index in [1.807, 2.05) is 9.25 Å². The van der Waals surface area contributed by atoms with Crippen LogP contribution in [-0.4, -0.2) is 37.9 Å². The van der Waals surface area contributed by atoms with Gasteiger partial charge in [-0.15, -0.1) is 0 Å². The van der Waals surface area contributed by atoms with Crippen molar-refractivity contribution in [1.82, 2.24) is 19.2 Å². The third-order valence-electron chi connectivity index (χ3n) is 4.16. The number of hydrogen-bond donors (Lipinski definition) is 1. The van der Waals surface area contributed by atoms with Crippen molar-refractivity contribution in [1.29, 1.82) is 0 Å². The molecule has 1 aromatic rings. The zero-order valence-electron chi connectivity index (χ0n) is 11.5. The molecule has 2 saturated carbocycles. The lowest BCUT2D eigenvalue weighted by Crippen LogP contribution is -2.31. The third-order valence-corrected chi connectivity index (χ3v) is 4.57. The molecule has 0 radical (unpaired) electrons. The molecule has 3 rings (SSSR count). The molecule has 2 aliphatic carbocycles. The second kappa shape index (κ2) is 5.34. The molecule has 0 unspecified atom stereocenters. The van der Waals surface area contributed by atoms with Crippen molar-refractivity contribution < 1.29 is 5.11 Å². The van der Waals surface area contributed by atoms with Crippen molar-refractivity contribution in [2.45, 2.75) is 51.4 Å². The highest BCUT2D eigenvalue weighted by Gasteiger charge is 2.28. The molecule has 1 N–H and O–H groups in total. The minimum absolute atomic E-state index is 0.0283. The van der Waals surface area contributed by atoms with E-state index in [-0.39, 0.29) is 6.61 Å². The van der Waals surface area contributed by atoms with Crippen molar-refractivity contribution >= 4 is 12.2 Å². The summed E-state index contributed by atoms with van der Waals surface area (Å²) in [4.78, 5) is 2.28. The van der Waals surface area contributed by atoms with Crippen LogP contribution in [0.25, 0.3) is 0 Å². The number of aliphatic hydroxyl groups is 1. The van der Waals surface area contributed by atoms with Gasteiger partial charge in [-0.25, -0.2) is 4.68 Å². The molecule has 2 fully saturated rings. The monoisotopic (exact) mass is 282 g/mol. The van der Waals surface area contributed by atoms with E-state index in [1.54, 1.807) is 0 Å². The molecule has 1 aromatic heterocycles. The van der Waals surface area contributed by atoms with Gasteiger partial charge in [0.2, 0.25) is 0 Å². The molecule has 2 aliphatic rings. The van der Waals surface area contributed by atoms with Gasteiger partial charge in [-0.05, 0) is 50.9 Å². The number of nitrogens with zero attached hydrogens (tertiary/aromatic N) is 4. The van der Waals surface area contributed by atoms with Gasteiger partial charge >= 0.3 is 0 Å². The van der Waals surface area contributed by atoms with Crippen LogP contribution in [0.4, 0.5) is 0 Å². The van der Waals surface area contributed by atoms with Crippen LogP contribution in [0.3, 0.4) is 0 Å². The van der Waals surface area contributed by atoms with Gasteiger partial charge in [0.25, 0.3) is 0 Å². The lowest BCUT2D eigenvalue weighted by atomic mass is 9.85. The van der Waals surface area contributed by atoms with E-state index in [0.29, 0.717) is 11.9 Å². The fraction of sp³-hybridized carbons (Fsp3) is 0.846. The second-order valence-corrected chi connectivity index (χ2v) is 6.30. The summed E-state index contributed by atoms with van der Waals surface area (Å²) in [6.07, 6.45) is 6.40. The lowest BCUT2D eigenvalue weighted by molar-refractivity contribution is 0.167. The average Bonchev–Trinajstić information content (AvgIpc) is 3.11. The molecule has 1 heterocycles. The van der Waals surface area contributed by atoms with E-state index < -0.39 is 0 Å². The van der Waals surface area contributed by atoms with Gasteiger partial charge in [-0.2, -0.15) is 5.10 Å². The Labute approximate surface area is 118 Å². The van der Waals surface area contributed by atoms with Crippen LogP contribution in [0, 0.1) is 10.7 Å². The molecule has 106 valence electrons.